The molecule has 0 fully saturated rings. The molecule has 0 aliphatic carbocycles. The average Bonchev–Trinajstić information content (AvgIpc) is 3.09. The number of anilines is 1. The number of amides is 1. The molecule has 3 rings (SSSR count). The third-order valence-corrected chi connectivity index (χ3v) is 4.84. The van der Waals surface area contributed by atoms with Crippen molar-refractivity contribution in [2.45, 2.75) is 27.7 Å². The highest BCUT2D eigenvalue weighted by Crippen LogP contribution is 2.24. The molecule has 0 unspecified atom stereocenters. The number of rotatable bonds is 4. The normalized spacial score (nSPS) is 10.7. The maximum atomic E-state index is 12.6. The lowest BCUT2D eigenvalue weighted by molar-refractivity contribution is 0.101. The van der Waals surface area contributed by atoms with Gasteiger partial charge in [-0.3, -0.25) is 9.59 Å². The van der Waals surface area contributed by atoms with Gasteiger partial charge in [-0.05, 0) is 45.9 Å². The van der Waals surface area contributed by atoms with E-state index in [9.17, 15) is 9.59 Å². The van der Waals surface area contributed by atoms with Crippen molar-refractivity contribution in [3.8, 4) is 5.13 Å². The van der Waals surface area contributed by atoms with Gasteiger partial charge in [-0.15, -0.1) is 0 Å². The lowest BCUT2D eigenvalue weighted by atomic mass is 10.1. The summed E-state index contributed by atoms with van der Waals surface area (Å²) in [5.74, 6) is -0.291. The van der Waals surface area contributed by atoms with Crippen LogP contribution in [-0.2, 0) is 0 Å². The lowest BCUT2D eigenvalue weighted by Crippen LogP contribution is -2.11. The molecule has 2 heterocycles. The Morgan fingerprint density at radius 2 is 1.92 bits per heavy atom. The number of benzene rings is 1. The number of ketones is 1. The van der Waals surface area contributed by atoms with E-state index in [1.165, 1.54) is 18.3 Å². The molecule has 7 heteroatoms. The molecule has 3 aromatic rings. The SMILES string of the molecule is CC(=O)c1cccc(NC(=O)c2sc(-n3nc(C)cc3C)nc2C)c1. The predicted molar refractivity (Wildman–Crippen MR) is 97.8 cm³/mol. The highest BCUT2D eigenvalue weighted by atomic mass is 32.1. The van der Waals surface area contributed by atoms with Crippen molar-refractivity contribution in [1.82, 2.24) is 14.8 Å². The van der Waals surface area contributed by atoms with Gasteiger partial charge in [-0.25, -0.2) is 9.67 Å². The van der Waals surface area contributed by atoms with Crippen molar-refractivity contribution in [3.05, 3.63) is 57.9 Å². The summed E-state index contributed by atoms with van der Waals surface area (Å²) in [7, 11) is 0. The molecule has 6 nitrogen and oxygen atoms in total. The van der Waals surface area contributed by atoms with Gasteiger partial charge in [0.25, 0.3) is 5.91 Å². The number of hydrogen-bond donors (Lipinski definition) is 1. The van der Waals surface area contributed by atoms with Crippen molar-refractivity contribution in [2.24, 2.45) is 0 Å². The van der Waals surface area contributed by atoms with Crippen LogP contribution < -0.4 is 5.32 Å². The summed E-state index contributed by atoms with van der Waals surface area (Å²) in [4.78, 5) is 29.1. The van der Waals surface area contributed by atoms with Crippen LogP contribution in [0.2, 0.25) is 0 Å². The monoisotopic (exact) mass is 354 g/mol. The molecule has 0 saturated carbocycles. The Labute approximate surface area is 149 Å². The number of carbonyl (C=O) groups excluding carboxylic acids is 2. The summed E-state index contributed by atoms with van der Waals surface area (Å²) in [5, 5.41) is 7.89. The zero-order valence-corrected chi connectivity index (χ0v) is 15.3. The van der Waals surface area contributed by atoms with E-state index in [2.05, 4.69) is 15.4 Å². The van der Waals surface area contributed by atoms with Crippen molar-refractivity contribution in [1.29, 1.82) is 0 Å². The van der Waals surface area contributed by atoms with Crippen LogP contribution in [0.1, 0.15) is 44.0 Å². The van der Waals surface area contributed by atoms with Crippen LogP contribution in [0.3, 0.4) is 0 Å². The fourth-order valence-corrected chi connectivity index (χ4v) is 3.48. The number of carbonyl (C=O) groups is 2. The maximum Gasteiger partial charge on any atom is 0.267 e. The Kier molecular flexibility index (Phi) is 4.50. The number of hydrogen-bond acceptors (Lipinski definition) is 5. The smallest absolute Gasteiger partial charge is 0.267 e. The first-order chi connectivity index (χ1) is 11.8. The molecule has 0 aliphatic rings. The molecule has 1 aromatic carbocycles. The van der Waals surface area contributed by atoms with Crippen molar-refractivity contribution < 1.29 is 9.59 Å². The summed E-state index contributed by atoms with van der Waals surface area (Å²) in [5.41, 5.74) is 3.65. The molecule has 2 aromatic heterocycles. The summed E-state index contributed by atoms with van der Waals surface area (Å²) in [6.07, 6.45) is 0. The minimum atomic E-state index is -0.247. The number of nitrogens with one attached hydrogen (secondary N) is 1. The van der Waals surface area contributed by atoms with Gasteiger partial charge in [0.1, 0.15) is 4.88 Å². The molecule has 0 bridgehead atoms. The first kappa shape index (κ1) is 17.0. The molecule has 0 aliphatic heterocycles. The zero-order valence-electron chi connectivity index (χ0n) is 14.5. The Balaban J connectivity index is 1.87. The van der Waals surface area contributed by atoms with Gasteiger partial charge in [-0.2, -0.15) is 5.10 Å². The molecular weight excluding hydrogens is 336 g/mol. The fraction of sp³-hybridized carbons (Fsp3) is 0.222. The van der Waals surface area contributed by atoms with E-state index in [4.69, 9.17) is 0 Å². The van der Waals surface area contributed by atoms with E-state index in [1.807, 2.05) is 19.9 Å². The van der Waals surface area contributed by atoms with Gasteiger partial charge in [0.2, 0.25) is 5.13 Å². The molecule has 1 amide bonds. The van der Waals surface area contributed by atoms with E-state index in [0.29, 0.717) is 27.0 Å². The van der Waals surface area contributed by atoms with Crippen LogP contribution in [-0.4, -0.2) is 26.5 Å². The highest BCUT2D eigenvalue weighted by molar-refractivity contribution is 7.16. The van der Waals surface area contributed by atoms with Crippen molar-refractivity contribution in [3.63, 3.8) is 0 Å². The largest absolute Gasteiger partial charge is 0.321 e. The van der Waals surface area contributed by atoms with E-state index in [0.717, 1.165) is 11.4 Å². The fourth-order valence-electron chi connectivity index (χ4n) is 2.51. The van der Waals surface area contributed by atoms with Crippen LogP contribution in [0.4, 0.5) is 5.69 Å². The first-order valence-corrected chi connectivity index (χ1v) is 8.60. The van der Waals surface area contributed by atoms with E-state index < -0.39 is 0 Å². The average molecular weight is 354 g/mol. The molecule has 0 radical (unpaired) electrons. The second-order valence-corrected chi connectivity index (χ2v) is 6.82. The van der Waals surface area contributed by atoms with Crippen molar-refractivity contribution in [2.75, 3.05) is 5.32 Å². The molecule has 128 valence electrons. The topological polar surface area (TPSA) is 76.9 Å². The molecule has 0 saturated heterocycles. The van der Waals surface area contributed by atoms with E-state index >= 15 is 0 Å². The number of aromatic nitrogens is 3. The maximum absolute atomic E-state index is 12.6. The number of nitrogens with zero attached hydrogens (tertiary/aromatic N) is 3. The highest BCUT2D eigenvalue weighted by Gasteiger charge is 2.18. The van der Waals surface area contributed by atoms with Gasteiger partial charge in [0, 0.05) is 16.9 Å². The quantitative estimate of drug-likeness (QED) is 0.725. The Morgan fingerprint density at radius 1 is 1.16 bits per heavy atom. The summed E-state index contributed by atoms with van der Waals surface area (Å²) < 4.78 is 1.74. The summed E-state index contributed by atoms with van der Waals surface area (Å²) in [6, 6.07) is 8.84. The van der Waals surface area contributed by atoms with Gasteiger partial charge in [-0.1, -0.05) is 23.5 Å². The minimum absolute atomic E-state index is 0.0446. The molecule has 25 heavy (non-hydrogen) atoms. The number of aryl methyl sites for hydroxylation is 3. The molecule has 0 spiro atoms. The zero-order chi connectivity index (χ0) is 18.1. The summed E-state index contributed by atoms with van der Waals surface area (Å²) in [6.45, 7) is 7.16. The lowest BCUT2D eigenvalue weighted by Gasteiger charge is -2.05. The number of thiazole rings is 1. The minimum Gasteiger partial charge on any atom is -0.321 e. The third-order valence-electron chi connectivity index (χ3n) is 3.71. The molecular formula is C18H18N4O2S. The molecule has 1 N–H and O–H groups in total. The molecule has 0 atom stereocenters. The van der Waals surface area contributed by atoms with Crippen LogP contribution in [0.5, 0.6) is 0 Å². The van der Waals surface area contributed by atoms with Gasteiger partial charge < -0.3 is 5.32 Å². The van der Waals surface area contributed by atoms with Crippen LogP contribution in [0.15, 0.2) is 30.3 Å². The second kappa shape index (κ2) is 6.60. The van der Waals surface area contributed by atoms with Gasteiger partial charge >= 0.3 is 0 Å². The van der Waals surface area contributed by atoms with Gasteiger partial charge in [0.15, 0.2) is 5.78 Å². The second-order valence-electron chi connectivity index (χ2n) is 5.84. The Morgan fingerprint density at radius 3 is 2.56 bits per heavy atom. The Hall–Kier alpha value is -2.80. The van der Waals surface area contributed by atoms with E-state index in [-0.39, 0.29) is 11.7 Å². The summed E-state index contributed by atoms with van der Waals surface area (Å²) >= 11 is 1.29. The standard InChI is InChI=1S/C18H18N4O2S/c1-10-8-11(2)22(21-10)18-19-12(3)16(25-18)17(24)20-15-7-5-6-14(9-15)13(4)23/h5-9H,1-4H3,(H,20,24). The van der Waals surface area contributed by atoms with Crippen LogP contribution >= 0.6 is 11.3 Å². The van der Waals surface area contributed by atoms with Gasteiger partial charge in [0.05, 0.1) is 11.4 Å². The van der Waals surface area contributed by atoms with Crippen LogP contribution in [0, 0.1) is 20.8 Å². The number of Topliss-reactive ketones (excluding diaryl/α,β-unsaturated/α-hetero) is 1. The van der Waals surface area contributed by atoms with E-state index in [1.54, 1.807) is 35.9 Å². The Bertz CT molecular complexity index is 971. The predicted octanol–water partition coefficient (Wildman–Crippen LogP) is 3.71. The van der Waals surface area contributed by atoms with Crippen LogP contribution in [0.25, 0.3) is 5.13 Å². The third kappa shape index (κ3) is 3.51. The first-order valence-electron chi connectivity index (χ1n) is 7.78. The van der Waals surface area contributed by atoms with Crippen molar-refractivity contribution >= 4 is 28.7 Å².